The SMILES string of the molecule is CCNCc1cncc(-c2cc3c(-c4cc5c(-c6cc(F)cc(NCCN(C)C)c6)ccnc5[nH]4)n[nH]c3cn2)c1. The summed E-state index contributed by atoms with van der Waals surface area (Å²) in [4.78, 5) is 19.1. The second-order valence-corrected chi connectivity index (χ2v) is 10.3. The molecule has 0 unspecified atom stereocenters. The lowest BCUT2D eigenvalue weighted by Crippen LogP contribution is -2.20. The summed E-state index contributed by atoms with van der Waals surface area (Å²) in [5.41, 5.74) is 8.35. The normalized spacial score (nSPS) is 11.6. The maximum atomic E-state index is 14.7. The summed E-state index contributed by atoms with van der Waals surface area (Å²) in [5.74, 6) is -0.294. The zero-order valence-corrected chi connectivity index (χ0v) is 23.3. The Morgan fingerprint density at radius 3 is 2.71 bits per heavy atom. The van der Waals surface area contributed by atoms with E-state index in [1.54, 1.807) is 18.5 Å². The van der Waals surface area contributed by atoms with Crippen LogP contribution in [-0.2, 0) is 6.54 Å². The Morgan fingerprint density at radius 2 is 1.85 bits per heavy atom. The molecule has 0 spiro atoms. The van der Waals surface area contributed by atoms with E-state index in [1.807, 2.05) is 50.8 Å². The Bertz CT molecular complexity index is 1820. The van der Waals surface area contributed by atoms with Gasteiger partial charge in [0.15, 0.2) is 0 Å². The summed E-state index contributed by atoms with van der Waals surface area (Å²) in [7, 11) is 4.02. The fourth-order valence-corrected chi connectivity index (χ4v) is 4.95. The van der Waals surface area contributed by atoms with Crippen LogP contribution < -0.4 is 10.6 Å². The number of aromatic amines is 2. The van der Waals surface area contributed by atoms with Crippen LogP contribution >= 0.6 is 0 Å². The molecule has 5 heterocycles. The number of aromatic nitrogens is 6. The Morgan fingerprint density at radius 1 is 0.951 bits per heavy atom. The first-order valence-corrected chi connectivity index (χ1v) is 13.7. The number of halogens is 1. The third-order valence-electron chi connectivity index (χ3n) is 7.00. The quantitative estimate of drug-likeness (QED) is 0.180. The molecule has 0 fully saturated rings. The molecular weight excluding hydrogens is 517 g/mol. The van der Waals surface area contributed by atoms with E-state index in [9.17, 15) is 4.39 Å². The topological polar surface area (TPSA) is 110 Å². The highest BCUT2D eigenvalue weighted by Crippen LogP contribution is 2.35. The van der Waals surface area contributed by atoms with Crippen molar-refractivity contribution in [2.75, 3.05) is 39.0 Å². The summed E-state index contributed by atoms with van der Waals surface area (Å²) in [5, 5.41) is 16.2. The molecule has 0 amide bonds. The fourth-order valence-electron chi connectivity index (χ4n) is 4.95. The van der Waals surface area contributed by atoms with E-state index in [0.29, 0.717) is 5.65 Å². The smallest absolute Gasteiger partial charge is 0.138 e. The van der Waals surface area contributed by atoms with Gasteiger partial charge in [-0.25, -0.2) is 9.37 Å². The number of H-pyrrole nitrogens is 2. The Hall–Kier alpha value is -4.67. The summed E-state index contributed by atoms with van der Waals surface area (Å²) in [6, 6.07) is 13.1. The van der Waals surface area contributed by atoms with Gasteiger partial charge in [-0.2, -0.15) is 5.10 Å². The average Bonchev–Trinajstić information content (AvgIpc) is 3.59. The third-order valence-corrected chi connectivity index (χ3v) is 7.00. The molecular formula is C31H32FN9. The van der Waals surface area contributed by atoms with Gasteiger partial charge in [-0.1, -0.05) is 6.92 Å². The fraction of sp³-hybridized carbons (Fsp3) is 0.226. The number of likely N-dealkylation sites (N-methyl/N-ethyl adjacent to an activating group) is 1. The number of anilines is 1. The lowest BCUT2D eigenvalue weighted by Gasteiger charge is -2.13. The average molecular weight is 550 g/mol. The number of hydrogen-bond donors (Lipinski definition) is 4. The molecule has 41 heavy (non-hydrogen) atoms. The van der Waals surface area contributed by atoms with Crippen LogP contribution in [0.4, 0.5) is 10.1 Å². The Balaban J connectivity index is 1.37. The van der Waals surface area contributed by atoms with Crippen molar-refractivity contribution in [3.63, 3.8) is 0 Å². The van der Waals surface area contributed by atoms with Crippen molar-refractivity contribution in [1.82, 2.24) is 40.3 Å². The lowest BCUT2D eigenvalue weighted by molar-refractivity contribution is 0.425. The van der Waals surface area contributed by atoms with Crippen molar-refractivity contribution in [2.45, 2.75) is 13.5 Å². The summed E-state index contributed by atoms with van der Waals surface area (Å²) < 4.78 is 14.7. The number of benzene rings is 1. The van der Waals surface area contributed by atoms with E-state index < -0.39 is 0 Å². The molecule has 5 aromatic heterocycles. The first-order chi connectivity index (χ1) is 20.0. The molecule has 10 heteroatoms. The number of nitrogens with one attached hydrogen (secondary N) is 4. The predicted octanol–water partition coefficient (Wildman–Crippen LogP) is 5.45. The van der Waals surface area contributed by atoms with Crippen LogP contribution in [0.5, 0.6) is 0 Å². The van der Waals surface area contributed by atoms with Crippen molar-refractivity contribution in [1.29, 1.82) is 0 Å². The van der Waals surface area contributed by atoms with Crippen LogP contribution in [0.1, 0.15) is 12.5 Å². The second-order valence-electron chi connectivity index (χ2n) is 10.3. The molecule has 0 aliphatic carbocycles. The second kappa shape index (κ2) is 11.4. The van der Waals surface area contributed by atoms with Crippen molar-refractivity contribution < 1.29 is 4.39 Å². The van der Waals surface area contributed by atoms with Gasteiger partial charge in [-0.15, -0.1) is 0 Å². The van der Waals surface area contributed by atoms with Gasteiger partial charge < -0.3 is 20.5 Å². The van der Waals surface area contributed by atoms with Gasteiger partial charge in [0.1, 0.15) is 17.2 Å². The molecule has 0 atom stereocenters. The first kappa shape index (κ1) is 26.5. The highest BCUT2D eigenvalue weighted by atomic mass is 19.1. The first-order valence-electron chi connectivity index (χ1n) is 13.7. The van der Waals surface area contributed by atoms with Crippen molar-refractivity contribution in [3.05, 3.63) is 78.6 Å². The minimum atomic E-state index is -0.294. The molecule has 6 aromatic rings. The molecule has 0 saturated carbocycles. The maximum absolute atomic E-state index is 14.7. The van der Waals surface area contributed by atoms with E-state index in [1.165, 1.54) is 6.07 Å². The number of fused-ring (bicyclic) bond motifs is 2. The van der Waals surface area contributed by atoms with E-state index in [0.717, 1.165) is 87.5 Å². The number of pyridine rings is 3. The predicted molar refractivity (Wildman–Crippen MR) is 162 cm³/mol. The number of nitrogens with zero attached hydrogens (tertiary/aromatic N) is 5. The Kier molecular flexibility index (Phi) is 7.41. The van der Waals surface area contributed by atoms with Crippen LogP contribution in [0.15, 0.2) is 67.3 Å². The summed E-state index contributed by atoms with van der Waals surface area (Å²) in [6.45, 7) is 5.28. The summed E-state index contributed by atoms with van der Waals surface area (Å²) >= 11 is 0. The van der Waals surface area contributed by atoms with Crippen molar-refractivity contribution in [3.8, 4) is 33.8 Å². The van der Waals surface area contributed by atoms with Crippen molar-refractivity contribution in [2.24, 2.45) is 0 Å². The van der Waals surface area contributed by atoms with Crippen LogP contribution in [0.2, 0.25) is 0 Å². The van der Waals surface area contributed by atoms with Gasteiger partial charge in [-0.05, 0) is 79.8 Å². The van der Waals surface area contributed by atoms with Crippen LogP contribution in [-0.4, -0.2) is 68.8 Å². The molecule has 0 aliphatic heterocycles. The van der Waals surface area contributed by atoms with E-state index in [-0.39, 0.29) is 5.82 Å². The molecule has 0 saturated heterocycles. The highest BCUT2D eigenvalue weighted by molar-refractivity contribution is 6.00. The molecule has 208 valence electrons. The van der Waals surface area contributed by atoms with Gasteiger partial charge in [0, 0.05) is 60.2 Å². The van der Waals surface area contributed by atoms with Crippen molar-refractivity contribution >= 4 is 27.6 Å². The molecule has 0 radical (unpaired) electrons. The number of rotatable bonds is 10. The standard InChI is InChI=1S/C31H32FN9/c1-4-33-15-19-9-21(17-34-16-19)27-14-26-29(18-37-27)39-40-30(26)28-13-25-24(5-6-36-31(25)38-28)20-10-22(32)12-23(11-20)35-7-8-41(2)3/h5-6,9-14,16-18,33,35H,4,7-8,15H2,1-3H3,(H,36,38)(H,39,40). The van der Waals surface area contributed by atoms with Crippen LogP contribution in [0.25, 0.3) is 55.7 Å². The zero-order chi connectivity index (χ0) is 28.3. The molecule has 1 aromatic carbocycles. The van der Waals surface area contributed by atoms with Gasteiger partial charge in [-0.3, -0.25) is 15.1 Å². The Labute approximate surface area is 237 Å². The van der Waals surface area contributed by atoms with E-state index in [4.69, 9.17) is 0 Å². The molecule has 9 nitrogen and oxygen atoms in total. The highest BCUT2D eigenvalue weighted by Gasteiger charge is 2.16. The summed E-state index contributed by atoms with van der Waals surface area (Å²) in [6.07, 6.45) is 7.22. The lowest BCUT2D eigenvalue weighted by atomic mass is 10.0. The van der Waals surface area contributed by atoms with Crippen LogP contribution in [0.3, 0.4) is 0 Å². The van der Waals surface area contributed by atoms with Gasteiger partial charge in [0.05, 0.1) is 23.1 Å². The largest absolute Gasteiger partial charge is 0.384 e. The number of hydrogen-bond acceptors (Lipinski definition) is 7. The van der Waals surface area contributed by atoms with Gasteiger partial charge in [0.2, 0.25) is 0 Å². The van der Waals surface area contributed by atoms with Gasteiger partial charge >= 0.3 is 0 Å². The molecule has 6 rings (SSSR count). The maximum Gasteiger partial charge on any atom is 0.138 e. The molecule has 4 N–H and O–H groups in total. The minimum Gasteiger partial charge on any atom is -0.384 e. The molecule has 0 aliphatic rings. The van der Waals surface area contributed by atoms with Crippen LogP contribution in [0, 0.1) is 5.82 Å². The van der Waals surface area contributed by atoms with E-state index in [2.05, 4.69) is 58.7 Å². The third kappa shape index (κ3) is 5.65. The monoisotopic (exact) mass is 549 g/mol. The van der Waals surface area contributed by atoms with E-state index >= 15 is 0 Å². The van der Waals surface area contributed by atoms with Gasteiger partial charge in [0.25, 0.3) is 0 Å². The zero-order valence-electron chi connectivity index (χ0n) is 23.3. The minimum absolute atomic E-state index is 0.294. The molecule has 0 bridgehead atoms.